The van der Waals surface area contributed by atoms with E-state index in [0.717, 1.165) is 11.9 Å². The lowest BCUT2D eigenvalue weighted by Gasteiger charge is -2.08. The fourth-order valence-corrected chi connectivity index (χ4v) is 3.09. The van der Waals surface area contributed by atoms with E-state index in [9.17, 15) is 9.59 Å². The number of benzene rings is 2. The van der Waals surface area contributed by atoms with E-state index in [2.05, 4.69) is 5.32 Å². The number of carbonyl (C=O) groups is 1. The van der Waals surface area contributed by atoms with Gasteiger partial charge in [0.15, 0.2) is 0 Å². The summed E-state index contributed by atoms with van der Waals surface area (Å²) in [7, 11) is 0. The highest BCUT2D eigenvalue weighted by atomic mass is 35.5. The van der Waals surface area contributed by atoms with E-state index >= 15 is 0 Å². The standard InChI is InChI=1S/C19H17ClN4O2/c1-2-9-23-16-5-3-4-6-17(16)24(19(23)26)12-18(25)22-15-10-14(20)8-7-13(15)11-21/h3-8,10H,2,9,12H2,1H3,(H,22,25). The topological polar surface area (TPSA) is 79.8 Å². The second-order valence-corrected chi connectivity index (χ2v) is 6.30. The minimum atomic E-state index is -0.398. The highest BCUT2D eigenvalue weighted by Gasteiger charge is 2.15. The maximum Gasteiger partial charge on any atom is 0.329 e. The summed E-state index contributed by atoms with van der Waals surface area (Å²) < 4.78 is 3.11. The van der Waals surface area contributed by atoms with Crippen LogP contribution in [0.25, 0.3) is 11.0 Å². The minimum absolute atomic E-state index is 0.145. The summed E-state index contributed by atoms with van der Waals surface area (Å²) >= 11 is 5.94. The number of amides is 1. The second kappa shape index (κ2) is 7.46. The Hall–Kier alpha value is -3.04. The van der Waals surface area contributed by atoms with Crippen LogP contribution in [0.4, 0.5) is 5.69 Å². The fourth-order valence-electron chi connectivity index (χ4n) is 2.92. The van der Waals surface area contributed by atoms with Gasteiger partial charge in [-0.25, -0.2) is 4.79 Å². The average Bonchev–Trinajstić information content (AvgIpc) is 2.88. The van der Waals surface area contributed by atoms with Gasteiger partial charge in [0.1, 0.15) is 12.6 Å². The molecule has 0 atom stereocenters. The van der Waals surface area contributed by atoms with E-state index in [1.54, 1.807) is 10.6 Å². The minimum Gasteiger partial charge on any atom is -0.323 e. The number of nitrogens with one attached hydrogen (secondary N) is 1. The van der Waals surface area contributed by atoms with E-state index in [1.165, 1.54) is 16.7 Å². The van der Waals surface area contributed by atoms with Gasteiger partial charge in [0.2, 0.25) is 5.91 Å². The first-order valence-corrected chi connectivity index (χ1v) is 8.60. The first kappa shape index (κ1) is 17.8. The Balaban J connectivity index is 1.94. The quantitative estimate of drug-likeness (QED) is 0.749. The molecule has 0 unspecified atom stereocenters. The molecule has 0 saturated carbocycles. The SMILES string of the molecule is CCCn1c(=O)n(CC(=O)Nc2cc(Cl)ccc2C#N)c2ccccc21. The van der Waals surface area contributed by atoms with Crippen molar-refractivity contribution in [3.63, 3.8) is 0 Å². The number of carbonyl (C=O) groups excluding carboxylic acids is 1. The first-order valence-electron chi connectivity index (χ1n) is 8.22. The zero-order valence-electron chi connectivity index (χ0n) is 14.2. The molecule has 0 fully saturated rings. The molecule has 26 heavy (non-hydrogen) atoms. The summed E-state index contributed by atoms with van der Waals surface area (Å²) in [5.41, 5.74) is 1.91. The molecule has 3 aromatic rings. The Morgan fingerprint density at radius 3 is 2.54 bits per heavy atom. The molecule has 0 aliphatic rings. The predicted molar refractivity (Wildman–Crippen MR) is 101 cm³/mol. The monoisotopic (exact) mass is 368 g/mol. The third-order valence-electron chi connectivity index (χ3n) is 4.05. The van der Waals surface area contributed by atoms with Gasteiger partial charge in [0.25, 0.3) is 0 Å². The largest absolute Gasteiger partial charge is 0.329 e. The Morgan fingerprint density at radius 2 is 1.88 bits per heavy atom. The first-order chi connectivity index (χ1) is 12.5. The molecular weight excluding hydrogens is 352 g/mol. The van der Waals surface area contributed by atoms with Gasteiger partial charge in [0, 0.05) is 11.6 Å². The molecule has 6 nitrogen and oxygen atoms in total. The van der Waals surface area contributed by atoms with Gasteiger partial charge in [-0.1, -0.05) is 30.7 Å². The molecule has 0 bridgehead atoms. The summed E-state index contributed by atoms with van der Waals surface area (Å²) in [6.07, 6.45) is 0.814. The predicted octanol–water partition coefficient (Wildman–Crippen LogP) is 3.38. The number of nitrogens with zero attached hydrogens (tertiary/aromatic N) is 3. The van der Waals surface area contributed by atoms with E-state index in [1.807, 2.05) is 37.3 Å². The number of hydrogen-bond acceptors (Lipinski definition) is 3. The lowest BCUT2D eigenvalue weighted by atomic mass is 10.2. The summed E-state index contributed by atoms with van der Waals surface area (Å²) in [6.45, 7) is 2.43. The number of rotatable bonds is 5. The van der Waals surface area contributed by atoms with Gasteiger partial charge in [0.05, 0.1) is 22.3 Å². The Kier molecular flexibility index (Phi) is 5.10. The lowest BCUT2D eigenvalue weighted by Crippen LogP contribution is -2.29. The molecule has 2 aromatic carbocycles. The van der Waals surface area contributed by atoms with Crippen LogP contribution in [0.15, 0.2) is 47.3 Å². The van der Waals surface area contributed by atoms with E-state index in [0.29, 0.717) is 28.3 Å². The van der Waals surface area contributed by atoms with Crippen LogP contribution in [0.5, 0.6) is 0 Å². The summed E-state index contributed by atoms with van der Waals surface area (Å²) in [4.78, 5) is 25.2. The van der Waals surface area contributed by atoms with Gasteiger partial charge in [-0.15, -0.1) is 0 Å². The van der Waals surface area contributed by atoms with E-state index in [-0.39, 0.29) is 12.2 Å². The number of para-hydroxylation sites is 2. The Morgan fingerprint density at radius 1 is 1.19 bits per heavy atom. The van der Waals surface area contributed by atoms with Crippen LogP contribution in [0, 0.1) is 11.3 Å². The summed E-state index contributed by atoms with van der Waals surface area (Å²) in [5.74, 6) is -0.398. The molecular formula is C19H17ClN4O2. The molecule has 0 aliphatic heterocycles. The molecule has 0 radical (unpaired) electrons. The lowest BCUT2D eigenvalue weighted by molar-refractivity contribution is -0.116. The summed E-state index contributed by atoms with van der Waals surface area (Å²) in [5, 5.41) is 12.2. The molecule has 132 valence electrons. The molecule has 0 saturated heterocycles. The zero-order valence-corrected chi connectivity index (χ0v) is 15.0. The number of imidazole rings is 1. The average molecular weight is 369 g/mol. The van der Waals surface area contributed by atoms with Crippen LogP contribution >= 0.6 is 11.6 Å². The number of anilines is 1. The van der Waals surface area contributed by atoms with Crippen molar-refractivity contribution in [1.82, 2.24) is 9.13 Å². The van der Waals surface area contributed by atoms with Crippen LogP contribution < -0.4 is 11.0 Å². The van der Waals surface area contributed by atoms with Gasteiger partial charge in [-0.2, -0.15) is 5.26 Å². The zero-order chi connectivity index (χ0) is 18.7. The van der Waals surface area contributed by atoms with Crippen molar-refractivity contribution in [2.24, 2.45) is 0 Å². The molecule has 3 rings (SSSR count). The second-order valence-electron chi connectivity index (χ2n) is 5.86. The van der Waals surface area contributed by atoms with Crippen LogP contribution in [0.3, 0.4) is 0 Å². The number of aromatic nitrogens is 2. The maximum atomic E-state index is 12.7. The third-order valence-corrected chi connectivity index (χ3v) is 4.29. The molecule has 1 N–H and O–H groups in total. The highest BCUT2D eigenvalue weighted by Crippen LogP contribution is 2.20. The van der Waals surface area contributed by atoms with Gasteiger partial charge >= 0.3 is 5.69 Å². The van der Waals surface area contributed by atoms with Gasteiger partial charge in [-0.3, -0.25) is 13.9 Å². The van der Waals surface area contributed by atoms with Crippen LogP contribution in [0.2, 0.25) is 5.02 Å². The Bertz CT molecular complexity index is 1080. The van der Waals surface area contributed by atoms with Crippen molar-refractivity contribution in [3.05, 3.63) is 63.5 Å². The summed E-state index contributed by atoms with van der Waals surface area (Å²) in [6, 6.07) is 14.0. The number of hydrogen-bond donors (Lipinski definition) is 1. The van der Waals surface area contributed by atoms with Crippen LogP contribution in [0.1, 0.15) is 18.9 Å². The van der Waals surface area contributed by atoms with Crippen molar-refractivity contribution in [3.8, 4) is 6.07 Å². The van der Waals surface area contributed by atoms with Gasteiger partial charge < -0.3 is 5.32 Å². The van der Waals surface area contributed by atoms with Crippen molar-refractivity contribution < 1.29 is 4.79 Å². The Labute approximate surface area is 155 Å². The number of nitriles is 1. The van der Waals surface area contributed by atoms with Crippen molar-refractivity contribution in [2.45, 2.75) is 26.4 Å². The molecule has 7 heteroatoms. The van der Waals surface area contributed by atoms with Crippen molar-refractivity contribution in [2.75, 3.05) is 5.32 Å². The fraction of sp³-hybridized carbons (Fsp3) is 0.211. The van der Waals surface area contributed by atoms with E-state index < -0.39 is 5.91 Å². The maximum absolute atomic E-state index is 12.7. The molecule has 1 amide bonds. The number of fused-ring (bicyclic) bond motifs is 1. The molecule has 0 spiro atoms. The smallest absolute Gasteiger partial charge is 0.323 e. The van der Waals surface area contributed by atoms with E-state index in [4.69, 9.17) is 16.9 Å². The third kappa shape index (κ3) is 3.35. The van der Waals surface area contributed by atoms with Gasteiger partial charge in [-0.05, 0) is 36.8 Å². The van der Waals surface area contributed by atoms with Crippen molar-refractivity contribution >= 4 is 34.2 Å². The van der Waals surface area contributed by atoms with Crippen LogP contribution in [-0.4, -0.2) is 15.0 Å². The molecule has 0 aliphatic carbocycles. The van der Waals surface area contributed by atoms with Crippen molar-refractivity contribution in [1.29, 1.82) is 5.26 Å². The normalized spacial score (nSPS) is 10.7. The number of halogens is 1. The molecule has 1 aromatic heterocycles. The number of aryl methyl sites for hydroxylation is 1. The molecule has 1 heterocycles. The van der Waals surface area contributed by atoms with Crippen LogP contribution in [-0.2, 0) is 17.9 Å². The highest BCUT2D eigenvalue weighted by molar-refractivity contribution is 6.31.